The number of amides is 1. The minimum atomic E-state index is -0.310. The van der Waals surface area contributed by atoms with Crippen molar-refractivity contribution in [1.29, 1.82) is 0 Å². The van der Waals surface area contributed by atoms with E-state index < -0.39 is 0 Å². The van der Waals surface area contributed by atoms with Gasteiger partial charge in [-0.25, -0.2) is 0 Å². The molecule has 1 heterocycles. The maximum atomic E-state index is 12.5. The molecule has 0 aromatic heterocycles. The van der Waals surface area contributed by atoms with Crippen LogP contribution in [-0.4, -0.2) is 43.5 Å². The van der Waals surface area contributed by atoms with Crippen molar-refractivity contribution in [3.05, 3.63) is 23.8 Å². The van der Waals surface area contributed by atoms with E-state index in [0.29, 0.717) is 18.7 Å². The zero-order valence-electron chi connectivity index (χ0n) is 13.9. The Kier molecular flexibility index (Phi) is 5.98. The van der Waals surface area contributed by atoms with Crippen LogP contribution in [0, 0.1) is 0 Å². The predicted octanol–water partition coefficient (Wildman–Crippen LogP) is 1.57. The van der Waals surface area contributed by atoms with E-state index in [1.165, 1.54) is 6.92 Å². The average molecular weight is 319 g/mol. The van der Waals surface area contributed by atoms with Crippen LogP contribution in [0.2, 0.25) is 0 Å². The summed E-state index contributed by atoms with van der Waals surface area (Å²) in [5.41, 5.74) is 1.51. The summed E-state index contributed by atoms with van der Waals surface area (Å²) in [6.45, 7) is 7.20. The molecule has 0 saturated heterocycles. The lowest BCUT2D eigenvalue weighted by Crippen LogP contribution is -2.39. The number of hydrogen-bond donors (Lipinski definition) is 3. The first kappa shape index (κ1) is 17.3. The zero-order chi connectivity index (χ0) is 16.8. The van der Waals surface area contributed by atoms with Gasteiger partial charge in [-0.15, -0.1) is 0 Å². The number of fused-ring (bicyclic) bond motifs is 1. The standard InChI is InChI=1S/C17H25N3O3/c1-4-14-10-20-15-9-13(5-6-16(15)23-14)17(22)11(2)18-7-8-19-12(3)21/h5-6,9,11,14,18,20H,4,7-8,10H2,1-3H3,(H,19,21). The number of benzene rings is 1. The Morgan fingerprint density at radius 2 is 2.17 bits per heavy atom. The molecule has 1 amide bonds. The molecular weight excluding hydrogens is 294 g/mol. The largest absolute Gasteiger partial charge is 0.486 e. The molecule has 126 valence electrons. The fourth-order valence-electron chi connectivity index (χ4n) is 2.47. The van der Waals surface area contributed by atoms with Crippen LogP contribution >= 0.6 is 0 Å². The highest BCUT2D eigenvalue weighted by Crippen LogP contribution is 2.30. The van der Waals surface area contributed by atoms with Crippen molar-refractivity contribution in [2.24, 2.45) is 0 Å². The first-order valence-corrected chi connectivity index (χ1v) is 8.08. The number of ketones is 1. The van der Waals surface area contributed by atoms with Crippen LogP contribution in [0.3, 0.4) is 0 Å². The maximum absolute atomic E-state index is 12.5. The van der Waals surface area contributed by atoms with Crippen molar-refractivity contribution in [2.45, 2.75) is 39.3 Å². The van der Waals surface area contributed by atoms with E-state index in [4.69, 9.17) is 4.74 Å². The fourth-order valence-corrected chi connectivity index (χ4v) is 2.47. The van der Waals surface area contributed by atoms with Gasteiger partial charge in [0.15, 0.2) is 5.78 Å². The van der Waals surface area contributed by atoms with Crippen LogP contribution in [0.4, 0.5) is 5.69 Å². The van der Waals surface area contributed by atoms with Gasteiger partial charge in [-0.05, 0) is 31.5 Å². The molecule has 1 aromatic rings. The molecule has 0 aliphatic carbocycles. The molecule has 2 atom stereocenters. The van der Waals surface area contributed by atoms with Gasteiger partial charge >= 0.3 is 0 Å². The highest BCUT2D eigenvalue weighted by Gasteiger charge is 2.21. The quantitative estimate of drug-likeness (QED) is 0.525. The summed E-state index contributed by atoms with van der Waals surface area (Å²) in [4.78, 5) is 23.3. The Hall–Kier alpha value is -2.08. The summed E-state index contributed by atoms with van der Waals surface area (Å²) in [6.07, 6.45) is 1.13. The van der Waals surface area contributed by atoms with E-state index in [0.717, 1.165) is 24.4 Å². The molecule has 23 heavy (non-hydrogen) atoms. The van der Waals surface area contributed by atoms with E-state index in [1.54, 1.807) is 6.07 Å². The summed E-state index contributed by atoms with van der Waals surface area (Å²) in [5, 5.41) is 9.12. The summed E-state index contributed by atoms with van der Waals surface area (Å²) < 4.78 is 5.85. The maximum Gasteiger partial charge on any atom is 0.216 e. The smallest absolute Gasteiger partial charge is 0.216 e. The molecule has 2 rings (SSSR count). The van der Waals surface area contributed by atoms with Crippen molar-refractivity contribution in [3.8, 4) is 5.75 Å². The molecule has 6 nitrogen and oxygen atoms in total. The summed E-state index contributed by atoms with van der Waals surface area (Å²) in [5.74, 6) is 0.748. The van der Waals surface area contributed by atoms with Gasteiger partial charge in [0.25, 0.3) is 0 Å². The first-order valence-electron chi connectivity index (χ1n) is 8.08. The van der Waals surface area contributed by atoms with Crippen LogP contribution in [0.25, 0.3) is 0 Å². The van der Waals surface area contributed by atoms with Crippen LogP contribution < -0.4 is 20.7 Å². The fraction of sp³-hybridized carbons (Fsp3) is 0.529. The van der Waals surface area contributed by atoms with Crippen molar-refractivity contribution in [2.75, 3.05) is 25.0 Å². The SMILES string of the molecule is CCC1CNc2cc(C(=O)C(C)NCCNC(C)=O)ccc2O1. The normalized spacial score (nSPS) is 17.4. The first-order chi connectivity index (χ1) is 11.0. The molecule has 1 aliphatic heterocycles. The van der Waals surface area contributed by atoms with Crippen LogP contribution in [0.5, 0.6) is 5.75 Å². The third-order valence-electron chi connectivity index (χ3n) is 3.88. The van der Waals surface area contributed by atoms with Crippen molar-refractivity contribution >= 4 is 17.4 Å². The van der Waals surface area contributed by atoms with Crippen LogP contribution in [0.15, 0.2) is 18.2 Å². The average Bonchev–Trinajstić information content (AvgIpc) is 2.56. The second-order valence-electron chi connectivity index (χ2n) is 5.76. The zero-order valence-corrected chi connectivity index (χ0v) is 13.9. The van der Waals surface area contributed by atoms with Gasteiger partial charge in [-0.1, -0.05) is 6.92 Å². The lowest BCUT2D eigenvalue weighted by Gasteiger charge is -2.27. The van der Waals surface area contributed by atoms with Gasteiger partial charge in [-0.3, -0.25) is 9.59 Å². The molecular formula is C17H25N3O3. The van der Waals surface area contributed by atoms with Gasteiger partial charge in [0.05, 0.1) is 18.3 Å². The highest BCUT2D eigenvalue weighted by atomic mass is 16.5. The number of ether oxygens (including phenoxy) is 1. The van der Waals surface area contributed by atoms with Crippen LogP contribution in [0.1, 0.15) is 37.6 Å². The second kappa shape index (κ2) is 7.97. The molecule has 6 heteroatoms. The van der Waals surface area contributed by atoms with E-state index in [-0.39, 0.29) is 23.8 Å². The van der Waals surface area contributed by atoms with Gasteiger partial charge < -0.3 is 20.7 Å². The molecule has 1 aliphatic rings. The lowest BCUT2D eigenvalue weighted by atomic mass is 10.0. The highest BCUT2D eigenvalue weighted by molar-refractivity contribution is 6.01. The Morgan fingerprint density at radius 3 is 2.87 bits per heavy atom. The van der Waals surface area contributed by atoms with Gasteiger partial charge in [0.1, 0.15) is 11.9 Å². The Bertz CT molecular complexity index is 574. The summed E-state index contributed by atoms with van der Waals surface area (Å²) in [6, 6.07) is 5.18. The number of Topliss-reactive ketones (excluding diaryl/α,β-unsaturated/α-hetero) is 1. The Balaban J connectivity index is 1.93. The second-order valence-corrected chi connectivity index (χ2v) is 5.76. The monoisotopic (exact) mass is 319 g/mol. The van der Waals surface area contributed by atoms with E-state index in [9.17, 15) is 9.59 Å². The van der Waals surface area contributed by atoms with Crippen LogP contribution in [-0.2, 0) is 4.79 Å². The third kappa shape index (κ3) is 4.69. The topological polar surface area (TPSA) is 79.5 Å². The summed E-state index contributed by atoms with van der Waals surface area (Å²) >= 11 is 0. The molecule has 0 saturated carbocycles. The molecule has 3 N–H and O–H groups in total. The number of nitrogens with one attached hydrogen (secondary N) is 3. The minimum absolute atomic E-state index is 0.0232. The van der Waals surface area contributed by atoms with Gasteiger partial charge in [-0.2, -0.15) is 0 Å². The molecule has 0 bridgehead atoms. The lowest BCUT2D eigenvalue weighted by molar-refractivity contribution is -0.118. The van der Waals surface area contributed by atoms with Gasteiger partial charge in [0, 0.05) is 25.6 Å². The Morgan fingerprint density at radius 1 is 1.39 bits per heavy atom. The van der Waals surface area contributed by atoms with E-state index in [2.05, 4.69) is 22.9 Å². The molecule has 1 aromatic carbocycles. The van der Waals surface area contributed by atoms with Crippen molar-refractivity contribution in [1.82, 2.24) is 10.6 Å². The number of hydrogen-bond acceptors (Lipinski definition) is 5. The molecule has 2 unspecified atom stereocenters. The number of carbonyl (C=O) groups excluding carboxylic acids is 2. The molecule has 0 spiro atoms. The number of rotatable bonds is 7. The Labute approximate surface area is 137 Å². The predicted molar refractivity (Wildman–Crippen MR) is 90.1 cm³/mol. The molecule has 0 radical (unpaired) electrons. The minimum Gasteiger partial charge on any atom is -0.486 e. The number of carbonyl (C=O) groups is 2. The molecule has 0 fully saturated rings. The van der Waals surface area contributed by atoms with E-state index in [1.807, 2.05) is 19.1 Å². The van der Waals surface area contributed by atoms with Gasteiger partial charge in [0.2, 0.25) is 5.91 Å². The van der Waals surface area contributed by atoms with E-state index >= 15 is 0 Å². The number of anilines is 1. The van der Waals surface area contributed by atoms with Crippen molar-refractivity contribution < 1.29 is 14.3 Å². The summed E-state index contributed by atoms with van der Waals surface area (Å²) in [7, 11) is 0. The third-order valence-corrected chi connectivity index (χ3v) is 3.88. The van der Waals surface area contributed by atoms with Crippen molar-refractivity contribution in [3.63, 3.8) is 0 Å².